The number of anilines is 2. The largest absolute Gasteiger partial charge is 0.328 e. The van der Waals surface area contributed by atoms with Gasteiger partial charge < -0.3 is 5.32 Å². The molecule has 0 saturated heterocycles. The number of thiazole rings is 1. The van der Waals surface area contributed by atoms with Crippen molar-refractivity contribution >= 4 is 28.2 Å². The highest BCUT2D eigenvalue weighted by atomic mass is 32.1. The molecule has 0 spiro atoms. The SMILES string of the molecule is CCN(C(=O)Nc1ccc(F)cc1)c1nc(-c2ccc(C)cc2)cs1. The highest BCUT2D eigenvalue weighted by Crippen LogP contribution is 2.28. The van der Waals surface area contributed by atoms with Crippen LogP contribution < -0.4 is 10.2 Å². The first-order valence-corrected chi connectivity index (χ1v) is 8.81. The van der Waals surface area contributed by atoms with Crippen LogP contribution in [0.3, 0.4) is 0 Å². The van der Waals surface area contributed by atoms with Gasteiger partial charge in [-0.3, -0.25) is 4.90 Å². The van der Waals surface area contributed by atoms with E-state index in [2.05, 4.69) is 10.3 Å². The fraction of sp³-hybridized carbons (Fsp3) is 0.158. The average Bonchev–Trinajstić information content (AvgIpc) is 3.08. The van der Waals surface area contributed by atoms with Crippen LogP contribution in [0.15, 0.2) is 53.9 Å². The van der Waals surface area contributed by atoms with Crippen molar-refractivity contribution in [3.63, 3.8) is 0 Å². The van der Waals surface area contributed by atoms with Gasteiger partial charge in [-0.15, -0.1) is 11.3 Å². The van der Waals surface area contributed by atoms with Crippen LogP contribution in [0.25, 0.3) is 11.3 Å². The second-order valence-corrected chi connectivity index (χ2v) is 6.40. The van der Waals surface area contributed by atoms with E-state index in [-0.39, 0.29) is 11.8 Å². The summed E-state index contributed by atoms with van der Waals surface area (Å²) in [7, 11) is 0. The molecule has 128 valence electrons. The van der Waals surface area contributed by atoms with E-state index in [1.54, 1.807) is 4.90 Å². The molecule has 0 radical (unpaired) electrons. The molecule has 0 aliphatic rings. The number of hydrogen-bond donors (Lipinski definition) is 1. The number of benzene rings is 2. The van der Waals surface area contributed by atoms with Gasteiger partial charge in [-0.2, -0.15) is 0 Å². The molecular formula is C19H18FN3OS. The Labute approximate surface area is 150 Å². The van der Waals surface area contributed by atoms with Crippen molar-refractivity contribution in [2.24, 2.45) is 0 Å². The zero-order chi connectivity index (χ0) is 17.8. The Morgan fingerprint density at radius 2 is 1.84 bits per heavy atom. The van der Waals surface area contributed by atoms with Gasteiger partial charge in [0.15, 0.2) is 5.13 Å². The number of aryl methyl sites for hydroxylation is 1. The molecule has 25 heavy (non-hydrogen) atoms. The number of aromatic nitrogens is 1. The van der Waals surface area contributed by atoms with Gasteiger partial charge in [0.1, 0.15) is 5.82 Å². The van der Waals surface area contributed by atoms with Crippen LogP contribution in [0.1, 0.15) is 12.5 Å². The number of nitrogens with zero attached hydrogens (tertiary/aromatic N) is 2. The lowest BCUT2D eigenvalue weighted by Gasteiger charge is -2.18. The van der Waals surface area contributed by atoms with E-state index in [0.717, 1.165) is 11.3 Å². The van der Waals surface area contributed by atoms with Crippen molar-refractivity contribution in [3.05, 3.63) is 65.3 Å². The van der Waals surface area contributed by atoms with Crippen LogP contribution >= 0.6 is 11.3 Å². The number of carbonyl (C=O) groups excluding carboxylic acids is 1. The zero-order valence-electron chi connectivity index (χ0n) is 14.0. The van der Waals surface area contributed by atoms with Crippen molar-refractivity contribution in [3.8, 4) is 11.3 Å². The smallest absolute Gasteiger partial charge is 0.307 e. The van der Waals surface area contributed by atoms with Gasteiger partial charge in [0.2, 0.25) is 0 Å². The maximum atomic E-state index is 13.0. The molecule has 3 aromatic rings. The number of carbonyl (C=O) groups is 1. The monoisotopic (exact) mass is 355 g/mol. The summed E-state index contributed by atoms with van der Waals surface area (Å²) < 4.78 is 13.0. The zero-order valence-corrected chi connectivity index (χ0v) is 14.8. The second kappa shape index (κ2) is 7.44. The van der Waals surface area contributed by atoms with Crippen LogP contribution in [-0.4, -0.2) is 17.6 Å². The molecule has 6 heteroatoms. The molecule has 0 fully saturated rings. The van der Waals surface area contributed by atoms with Crippen LogP contribution in [0.4, 0.5) is 20.0 Å². The molecule has 1 N–H and O–H groups in total. The van der Waals surface area contributed by atoms with E-state index in [0.29, 0.717) is 17.4 Å². The Hall–Kier alpha value is -2.73. The summed E-state index contributed by atoms with van der Waals surface area (Å²) in [4.78, 5) is 18.7. The Balaban J connectivity index is 1.77. The summed E-state index contributed by atoms with van der Waals surface area (Å²) in [5.41, 5.74) is 3.59. The third-order valence-corrected chi connectivity index (χ3v) is 4.59. The predicted molar refractivity (Wildman–Crippen MR) is 101 cm³/mol. The predicted octanol–water partition coefficient (Wildman–Crippen LogP) is 5.32. The van der Waals surface area contributed by atoms with Gasteiger partial charge in [-0.1, -0.05) is 29.8 Å². The number of rotatable bonds is 4. The van der Waals surface area contributed by atoms with Gasteiger partial charge in [-0.25, -0.2) is 14.2 Å². The normalized spacial score (nSPS) is 10.5. The summed E-state index contributed by atoms with van der Waals surface area (Å²) in [5, 5.41) is 5.32. The molecule has 2 amide bonds. The van der Waals surface area contributed by atoms with E-state index < -0.39 is 0 Å². The first kappa shape index (κ1) is 17.1. The molecule has 4 nitrogen and oxygen atoms in total. The Kier molecular flexibility index (Phi) is 5.09. The van der Waals surface area contributed by atoms with E-state index >= 15 is 0 Å². The van der Waals surface area contributed by atoms with E-state index in [9.17, 15) is 9.18 Å². The van der Waals surface area contributed by atoms with E-state index in [1.165, 1.54) is 41.2 Å². The quantitative estimate of drug-likeness (QED) is 0.689. The first-order chi connectivity index (χ1) is 12.1. The molecule has 2 aromatic carbocycles. The van der Waals surface area contributed by atoms with Crippen molar-refractivity contribution in [1.82, 2.24) is 4.98 Å². The minimum atomic E-state index is -0.340. The first-order valence-electron chi connectivity index (χ1n) is 7.93. The number of hydrogen-bond acceptors (Lipinski definition) is 3. The lowest BCUT2D eigenvalue weighted by molar-refractivity contribution is 0.257. The standard InChI is InChI=1S/C19H18FN3OS/c1-3-23(18(24)21-16-10-8-15(20)9-11-16)19-22-17(12-25-19)14-6-4-13(2)5-7-14/h4-12H,3H2,1-2H3,(H,21,24). The molecule has 0 aliphatic heterocycles. The Morgan fingerprint density at radius 3 is 2.48 bits per heavy atom. The second-order valence-electron chi connectivity index (χ2n) is 5.56. The molecule has 1 aromatic heterocycles. The summed E-state index contributed by atoms with van der Waals surface area (Å²) in [5.74, 6) is -0.340. The summed E-state index contributed by atoms with van der Waals surface area (Å²) in [6.07, 6.45) is 0. The molecule has 3 rings (SSSR count). The molecule has 0 saturated carbocycles. The molecule has 0 unspecified atom stereocenters. The third-order valence-electron chi connectivity index (χ3n) is 3.73. The summed E-state index contributed by atoms with van der Waals surface area (Å²) >= 11 is 1.42. The minimum absolute atomic E-state index is 0.293. The minimum Gasteiger partial charge on any atom is -0.307 e. The van der Waals surface area contributed by atoms with Gasteiger partial charge in [0.05, 0.1) is 5.69 Å². The van der Waals surface area contributed by atoms with Crippen LogP contribution in [0.2, 0.25) is 0 Å². The topological polar surface area (TPSA) is 45.2 Å². The average molecular weight is 355 g/mol. The number of nitrogens with one attached hydrogen (secondary N) is 1. The van der Waals surface area contributed by atoms with Gasteiger partial charge in [-0.05, 0) is 38.1 Å². The van der Waals surface area contributed by atoms with Crippen molar-refractivity contribution in [1.29, 1.82) is 0 Å². The highest BCUT2D eigenvalue weighted by molar-refractivity contribution is 7.14. The van der Waals surface area contributed by atoms with Crippen LogP contribution in [0.5, 0.6) is 0 Å². The fourth-order valence-electron chi connectivity index (χ4n) is 2.34. The van der Waals surface area contributed by atoms with Gasteiger partial charge in [0, 0.05) is 23.2 Å². The molecule has 0 aliphatic carbocycles. The molecule has 0 atom stereocenters. The Bertz CT molecular complexity index is 859. The maximum absolute atomic E-state index is 13.0. The lowest BCUT2D eigenvalue weighted by Crippen LogP contribution is -2.34. The van der Waals surface area contributed by atoms with Crippen LogP contribution in [-0.2, 0) is 0 Å². The van der Waals surface area contributed by atoms with E-state index in [1.807, 2.05) is 43.5 Å². The molecule has 1 heterocycles. The third kappa shape index (κ3) is 4.03. The lowest BCUT2D eigenvalue weighted by atomic mass is 10.1. The van der Waals surface area contributed by atoms with Crippen LogP contribution in [0, 0.1) is 12.7 Å². The van der Waals surface area contributed by atoms with Crippen molar-refractivity contribution in [2.45, 2.75) is 13.8 Å². The maximum Gasteiger partial charge on any atom is 0.328 e. The van der Waals surface area contributed by atoms with Crippen molar-refractivity contribution in [2.75, 3.05) is 16.8 Å². The summed E-state index contributed by atoms with van der Waals surface area (Å²) in [6, 6.07) is 13.5. The van der Waals surface area contributed by atoms with Gasteiger partial charge in [0.25, 0.3) is 0 Å². The molecule has 0 bridgehead atoms. The summed E-state index contributed by atoms with van der Waals surface area (Å²) in [6.45, 7) is 4.40. The Morgan fingerprint density at radius 1 is 1.16 bits per heavy atom. The van der Waals surface area contributed by atoms with E-state index in [4.69, 9.17) is 0 Å². The number of halogens is 1. The number of amides is 2. The molecular weight excluding hydrogens is 337 g/mol. The number of urea groups is 1. The van der Waals surface area contributed by atoms with Gasteiger partial charge >= 0.3 is 6.03 Å². The fourth-order valence-corrected chi connectivity index (χ4v) is 3.23. The van der Waals surface area contributed by atoms with Crippen molar-refractivity contribution < 1.29 is 9.18 Å². The highest BCUT2D eigenvalue weighted by Gasteiger charge is 2.18.